The van der Waals surface area contributed by atoms with E-state index >= 15 is 0 Å². The third-order valence-corrected chi connectivity index (χ3v) is 6.26. The average molecular weight is 517 g/mol. The summed E-state index contributed by atoms with van der Waals surface area (Å²) in [6, 6.07) is 25.4. The van der Waals surface area contributed by atoms with Crippen LogP contribution in [0.15, 0.2) is 91.0 Å². The third-order valence-electron chi connectivity index (χ3n) is 6.26. The zero-order valence-electron chi connectivity index (χ0n) is 20.8. The lowest BCUT2D eigenvalue weighted by atomic mass is 9.83. The van der Waals surface area contributed by atoms with Crippen molar-refractivity contribution in [1.29, 1.82) is 0 Å². The van der Waals surface area contributed by atoms with Crippen LogP contribution in [0.4, 0.5) is 4.79 Å². The molecule has 9 nitrogen and oxygen atoms in total. The number of carbonyl (C=O) groups is 4. The molecule has 3 aromatic rings. The summed E-state index contributed by atoms with van der Waals surface area (Å²) >= 11 is 0. The maximum absolute atomic E-state index is 13.9. The number of morpholine rings is 1. The second-order valence-electron chi connectivity index (χ2n) is 8.73. The molecule has 196 valence electrons. The quantitative estimate of drug-likeness (QED) is 0.274. The standard InChI is InChI=1S/C29H28N2O7/c1-2-36-26(33)29(18-23(30)32)27(34)38-25(22-16-10-5-11-17-22)24(21-14-8-4-9-15-21)31(29)28(35)37-19-20-12-6-3-7-13-20/h3-17,24-25H,2,18-19H2,1H3,(H2,30,32)/t24-,25+,29+/m0/s1. The number of benzene rings is 3. The van der Waals surface area contributed by atoms with Crippen LogP contribution in [0.25, 0.3) is 0 Å². The van der Waals surface area contributed by atoms with Crippen LogP contribution in [-0.4, -0.2) is 41.0 Å². The van der Waals surface area contributed by atoms with Gasteiger partial charge in [0, 0.05) is 0 Å². The number of ether oxygens (including phenoxy) is 3. The normalized spacial score (nSPS) is 20.8. The molecule has 0 radical (unpaired) electrons. The molecule has 1 saturated heterocycles. The lowest BCUT2D eigenvalue weighted by Crippen LogP contribution is -2.69. The highest BCUT2D eigenvalue weighted by Crippen LogP contribution is 2.47. The number of hydrogen-bond acceptors (Lipinski definition) is 7. The Morgan fingerprint density at radius 1 is 0.868 bits per heavy atom. The summed E-state index contributed by atoms with van der Waals surface area (Å²) in [5.41, 5.74) is 4.84. The molecule has 1 heterocycles. The molecule has 4 rings (SSSR count). The first-order chi connectivity index (χ1) is 18.4. The molecule has 1 fully saturated rings. The topological polar surface area (TPSA) is 125 Å². The van der Waals surface area contributed by atoms with Crippen molar-refractivity contribution in [1.82, 2.24) is 4.90 Å². The highest BCUT2D eigenvalue weighted by Gasteiger charge is 2.64. The third kappa shape index (κ3) is 5.22. The van der Waals surface area contributed by atoms with Crippen LogP contribution >= 0.6 is 0 Å². The van der Waals surface area contributed by atoms with Crippen molar-refractivity contribution >= 4 is 23.9 Å². The highest BCUT2D eigenvalue weighted by atomic mass is 16.6. The van der Waals surface area contributed by atoms with Gasteiger partial charge in [0.1, 0.15) is 12.6 Å². The van der Waals surface area contributed by atoms with Crippen LogP contribution in [-0.2, 0) is 35.2 Å². The van der Waals surface area contributed by atoms with Gasteiger partial charge in [0.05, 0.1) is 13.0 Å². The van der Waals surface area contributed by atoms with Gasteiger partial charge in [-0.05, 0) is 23.6 Å². The molecular weight excluding hydrogens is 488 g/mol. The predicted molar refractivity (Wildman–Crippen MR) is 136 cm³/mol. The van der Waals surface area contributed by atoms with Crippen LogP contribution < -0.4 is 5.73 Å². The van der Waals surface area contributed by atoms with Crippen molar-refractivity contribution in [3.8, 4) is 0 Å². The minimum atomic E-state index is -2.50. The smallest absolute Gasteiger partial charge is 0.412 e. The summed E-state index contributed by atoms with van der Waals surface area (Å²) in [6.45, 7) is 1.29. The van der Waals surface area contributed by atoms with Gasteiger partial charge in [0.2, 0.25) is 5.91 Å². The summed E-state index contributed by atoms with van der Waals surface area (Å²) in [6.07, 6.45) is -2.88. The lowest BCUT2D eigenvalue weighted by Gasteiger charge is -2.49. The average Bonchev–Trinajstić information content (AvgIpc) is 2.93. The van der Waals surface area contributed by atoms with Gasteiger partial charge in [-0.2, -0.15) is 0 Å². The number of amides is 2. The van der Waals surface area contributed by atoms with Crippen LogP contribution in [0.5, 0.6) is 0 Å². The van der Waals surface area contributed by atoms with Gasteiger partial charge in [0.15, 0.2) is 6.10 Å². The molecule has 3 aromatic carbocycles. The van der Waals surface area contributed by atoms with E-state index in [2.05, 4.69) is 0 Å². The molecule has 1 aliphatic heterocycles. The van der Waals surface area contributed by atoms with Crippen molar-refractivity contribution in [2.24, 2.45) is 5.73 Å². The van der Waals surface area contributed by atoms with Gasteiger partial charge in [0.25, 0.3) is 5.54 Å². The molecule has 0 bridgehead atoms. The summed E-state index contributed by atoms with van der Waals surface area (Å²) in [5.74, 6) is -3.26. The highest BCUT2D eigenvalue weighted by molar-refractivity contribution is 6.11. The molecule has 3 atom stereocenters. The Kier molecular flexibility index (Phi) is 8.06. The van der Waals surface area contributed by atoms with E-state index in [1.54, 1.807) is 91.9 Å². The van der Waals surface area contributed by atoms with Gasteiger partial charge in [-0.3, -0.25) is 9.69 Å². The molecule has 2 N–H and O–H groups in total. The molecule has 2 amide bonds. The first-order valence-corrected chi connectivity index (χ1v) is 12.1. The van der Waals surface area contributed by atoms with E-state index in [-0.39, 0.29) is 13.2 Å². The zero-order valence-corrected chi connectivity index (χ0v) is 20.8. The summed E-state index contributed by atoms with van der Waals surface area (Å²) in [5, 5.41) is 0. The fourth-order valence-corrected chi connectivity index (χ4v) is 4.59. The van der Waals surface area contributed by atoms with Crippen molar-refractivity contribution in [3.05, 3.63) is 108 Å². The molecule has 0 spiro atoms. The SMILES string of the molecule is CCOC(=O)[C@]1(CC(N)=O)C(=O)O[C@H](c2ccccc2)[C@H](c2ccccc2)N1C(=O)OCc1ccccc1. The number of esters is 2. The number of primary amides is 1. The van der Waals surface area contributed by atoms with Crippen LogP contribution in [0, 0.1) is 0 Å². The lowest BCUT2D eigenvalue weighted by molar-refractivity contribution is -0.199. The number of hydrogen-bond donors (Lipinski definition) is 1. The number of carbonyl (C=O) groups excluding carboxylic acids is 4. The molecule has 38 heavy (non-hydrogen) atoms. The van der Waals surface area contributed by atoms with E-state index in [1.165, 1.54) is 0 Å². The molecule has 0 aromatic heterocycles. The Morgan fingerprint density at radius 3 is 1.97 bits per heavy atom. The number of rotatable bonds is 8. The van der Waals surface area contributed by atoms with Gasteiger partial charge in [-0.15, -0.1) is 0 Å². The Morgan fingerprint density at radius 2 is 1.42 bits per heavy atom. The fourth-order valence-electron chi connectivity index (χ4n) is 4.59. The second kappa shape index (κ2) is 11.6. The number of nitrogens with two attached hydrogens (primary N) is 1. The summed E-state index contributed by atoms with van der Waals surface area (Å²) in [4.78, 5) is 54.4. The minimum absolute atomic E-state index is 0.113. The fraction of sp³-hybridized carbons (Fsp3) is 0.241. The van der Waals surface area contributed by atoms with Gasteiger partial charge in [-0.1, -0.05) is 91.0 Å². The van der Waals surface area contributed by atoms with E-state index in [0.29, 0.717) is 16.7 Å². The van der Waals surface area contributed by atoms with E-state index in [1.807, 2.05) is 6.07 Å². The first kappa shape index (κ1) is 26.4. The second-order valence-corrected chi connectivity index (χ2v) is 8.73. The Hall–Kier alpha value is -4.66. The maximum Gasteiger partial charge on any atom is 0.412 e. The van der Waals surface area contributed by atoms with Crippen LogP contribution in [0.1, 0.15) is 42.2 Å². The van der Waals surface area contributed by atoms with E-state index in [9.17, 15) is 19.2 Å². The molecule has 0 aliphatic carbocycles. The molecular formula is C29H28N2O7. The van der Waals surface area contributed by atoms with Crippen LogP contribution in [0.3, 0.4) is 0 Å². The largest absolute Gasteiger partial charge is 0.464 e. The van der Waals surface area contributed by atoms with Crippen molar-refractivity contribution in [2.75, 3.05) is 6.61 Å². The Labute approximate surface area is 220 Å². The molecule has 1 aliphatic rings. The Bertz CT molecular complexity index is 1280. The van der Waals surface area contributed by atoms with Crippen LogP contribution in [0.2, 0.25) is 0 Å². The monoisotopic (exact) mass is 516 g/mol. The van der Waals surface area contributed by atoms with Gasteiger partial charge in [-0.25, -0.2) is 14.4 Å². The minimum Gasteiger partial charge on any atom is -0.464 e. The van der Waals surface area contributed by atoms with Gasteiger partial charge >= 0.3 is 18.0 Å². The zero-order chi connectivity index (χ0) is 27.1. The van der Waals surface area contributed by atoms with Gasteiger partial charge < -0.3 is 19.9 Å². The van der Waals surface area contributed by atoms with E-state index in [0.717, 1.165) is 4.90 Å². The number of cyclic esters (lactones) is 1. The molecule has 0 unspecified atom stereocenters. The summed E-state index contributed by atoms with van der Waals surface area (Å²) in [7, 11) is 0. The Balaban J connectivity index is 1.90. The van der Waals surface area contributed by atoms with Crippen molar-refractivity contribution < 1.29 is 33.4 Å². The molecule has 0 saturated carbocycles. The van der Waals surface area contributed by atoms with Crippen molar-refractivity contribution in [3.63, 3.8) is 0 Å². The van der Waals surface area contributed by atoms with E-state index in [4.69, 9.17) is 19.9 Å². The molecule has 9 heteroatoms. The maximum atomic E-state index is 13.9. The predicted octanol–water partition coefficient (Wildman–Crippen LogP) is 3.84. The first-order valence-electron chi connectivity index (χ1n) is 12.1. The van der Waals surface area contributed by atoms with Crippen molar-refractivity contribution in [2.45, 2.75) is 37.6 Å². The van der Waals surface area contributed by atoms with E-state index < -0.39 is 48.0 Å². The summed E-state index contributed by atoms with van der Waals surface area (Å²) < 4.78 is 16.7. The number of nitrogens with zero attached hydrogens (tertiary/aromatic N) is 1.